The van der Waals surface area contributed by atoms with E-state index >= 15 is 0 Å². The lowest BCUT2D eigenvalue weighted by Crippen LogP contribution is -2.54. The van der Waals surface area contributed by atoms with Crippen LogP contribution in [-0.2, 0) is 4.79 Å². The number of methoxy groups -OCH3 is 1. The van der Waals surface area contributed by atoms with E-state index in [-0.39, 0.29) is 36.3 Å². The number of H-pyrrole nitrogens is 1. The second-order valence-corrected chi connectivity index (χ2v) is 11.0. The Hall–Kier alpha value is -2.86. The van der Waals surface area contributed by atoms with E-state index < -0.39 is 36.2 Å². The van der Waals surface area contributed by atoms with Crippen LogP contribution in [0.3, 0.4) is 0 Å². The van der Waals surface area contributed by atoms with Crippen molar-refractivity contribution in [1.29, 1.82) is 0 Å². The first-order chi connectivity index (χ1) is 17.9. The van der Waals surface area contributed by atoms with Gasteiger partial charge in [0.2, 0.25) is 11.8 Å². The molecule has 2 amide bonds. The molecular weight excluding hydrogens is 527 g/mol. The largest absolute Gasteiger partial charge is 0.481 e. The normalized spacial score (nSPS) is 26.7. The highest BCUT2D eigenvalue weighted by Crippen LogP contribution is 2.51. The number of likely N-dealkylation sites (tertiary alicyclic amines) is 1. The zero-order valence-electron chi connectivity index (χ0n) is 20.8. The maximum Gasteiger partial charge on any atom is 0.417 e. The highest BCUT2D eigenvalue weighted by Gasteiger charge is 2.56. The second-order valence-electron chi connectivity index (χ2n) is 10.6. The molecule has 0 radical (unpaired) electrons. The molecule has 1 saturated heterocycles. The molecule has 3 aliphatic rings. The molecule has 206 valence electrons. The summed E-state index contributed by atoms with van der Waals surface area (Å²) in [5.74, 6) is -0.398. The summed E-state index contributed by atoms with van der Waals surface area (Å²) in [5.41, 5.74) is -1.72. The lowest BCUT2D eigenvalue weighted by atomic mass is 9.81. The van der Waals surface area contributed by atoms with Gasteiger partial charge in [0, 0.05) is 35.7 Å². The third-order valence-electron chi connectivity index (χ3n) is 8.16. The van der Waals surface area contributed by atoms with Crippen molar-refractivity contribution in [2.24, 2.45) is 5.92 Å². The number of ether oxygens (including phenoxy) is 1. The third kappa shape index (κ3) is 4.95. The smallest absolute Gasteiger partial charge is 0.417 e. The summed E-state index contributed by atoms with van der Waals surface area (Å²) in [5, 5.41) is 20.2. The van der Waals surface area contributed by atoms with Gasteiger partial charge in [-0.2, -0.15) is 18.3 Å². The molecule has 0 bridgehead atoms. The number of amides is 2. The molecule has 9 nitrogen and oxygen atoms in total. The number of halogens is 4. The number of piperidine rings is 1. The van der Waals surface area contributed by atoms with Gasteiger partial charge in [0.1, 0.15) is 0 Å². The molecule has 1 aliphatic heterocycles. The number of aliphatic hydroxyl groups is 1. The number of pyridine rings is 1. The minimum absolute atomic E-state index is 0.0685. The molecule has 2 aliphatic carbocycles. The minimum atomic E-state index is -4.67. The zero-order chi connectivity index (χ0) is 27.3. The topological polar surface area (TPSA) is 120 Å². The summed E-state index contributed by atoms with van der Waals surface area (Å²) >= 11 is 6.27. The Morgan fingerprint density at radius 1 is 1.21 bits per heavy atom. The Morgan fingerprint density at radius 2 is 1.92 bits per heavy atom. The van der Waals surface area contributed by atoms with Gasteiger partial charge in [-0.3, -0.25) is 14.7 Å². The van der Waals surface area contributed by atoms with E-state index in [1.807, 2.05) is 0 Å². The van der Waals surface area contributed by atoms with Crippen molar-refractivity contribution in [3.05, 3.63) is 29.0 Å². The minimum Gasteiger partial charge on any atom is -0.481 e. The van der Waals surface area contributed by atoms with Crippen LogP contribution >= 0.6 is 11.6 Å². The number of alkyl halides is 3. The van der Waals surface area contributed by atoms with Crippen molar-refractivity contribution in [2.45, 2.75) is 74.7 Å². The number of carbonyl (C=O) groups is 2. The van der Waals surface area contributed by atoms with E-state index in [0.717, 1.165) is 12.8 Å². The molecular formula is C25H29ClF3N5O4. The summed E-state index contributed by atoms with van der Waals surface area (Å²) in [7, 11) is 1.49. The summed E-state index contributed by atoms with van der Waals surface area (Å²) in [6.45, 7) is 0.376. The Bertz CT molecular complexity index is 1220. The number of nitrogens with zero attached hydrogens (tertiary/aromatic N) is 3. The van der Waals surface area contributed by atoms with Gasteiger partial charge in [0.15, 0.2) is 11.3 Å². The van der Waals surface area contributed by atoms with Crippen LogP contribution in [0, 0.1) is 5.92 Å². The zero-order valence-corrected chi connectivity index (χ0v) is 21.5. The fraction of sp³-hybridized carbons (Fsp3) is 0.600. The molecule has 0 unspecified atom stereocenters. The number of rotatable bonds is 5. The lowest BCUT2D eigenvalue weighted by molar-refractivity contribution is -0.270. The molecule has 3 N–H and O–H groups in total. The average Bonchev–Trinajstić information content (AvgIpc) is 3.46. The standard InChI is InChI=1S/C25H29ClF3N5O4/c1-38-20-10-16(17(26)13-30-20)18-11-19(33-32-18)22(36)34-9-4-14(12-23(34)7-8-23)21(35)31-15-2-5-24(37,6-3-15)25(27,28)29/h10-11,13-15,37H,2-9,12H2,1H3,(H,31,35)(H,32,33)/t14-,15-,24-/m1/s1. The predicted octanol–water partition coefficient (Wildman–Crippen LogP) is 3.87. The van der Waals surface area contributed by atoms with Crippen LogP contribution in [0.2, 0.25) is 5.02 Å². The van der Waals surface area contributed by atoms with Crippen LogP contribution in [0.1, 0.15) is 61.9 Å². The number of aromatic amines is 1. The fourth-order valence-corrected chi connectivity index (χ4v) is 5.84. The molecule has 2 saturated carbocycles. The number of aromatic nitrogens is 3. The van der Waals surface area contributed by atoms with Gasteiger partial charge in [-0.15, -0.1) is 0 Å². The first-order valence-electron chi connectivity index (χ1n) is 12.6. The highest BCUT2D eigenvalue weighted by molar-refractivity contribution is 6.33. The Balaban J connectivity index is 1.20. The van der Waals surface area contributed by atoms with Gasteiger partial charge < -0.3 is 20.1 Å². The van der Waals surface area contributed by atoms with Gasteiger partial charge in [-0.25, -0.2) is 4.98 Å². The Labute approximate surface area is 222 Å². The number of carbonyl (C=O) groups excluding carboxylic acids is 2. The number of hydrogen-bond acceptors (Lipinski definition) is 6. The maximum absolute atomic E-state index is 13.4. The molecule has 3 fully saturated rings. The van der Waals surface area contributed by atoms with E-state index in [4.69, 9.17) is 16.3 Å². The first-order valence-corrected chi connectivity index (χ1v) is 13.0. The predicted molar refractivity (Wildman–Crippen MR) is 131 cm³/mol. The SMILES string of the molecule is COc1cc(-c2cc(C(=O)N3CC[C@@H](C(=O)N[C@H]4CC[C@@](O)(C(F)(F)F)CC4)CC34CC4)n[nH]2)c(Cl)cn1. The van der Waals surface area contributed by atoms with Crippen LogP contribution in [0.15, 0.2) is 18.3 Å². The molecule has 0 aromatic carbocycles. The Kier molecular flexibility index (Phi) is 6.83. The van der Waals surface area contributed by atoms with Crippen molar-refractivity contribution < 1.29 is 32.6 Å². The summed E-state index contributed by atoms with van der Waals surface area (Å²) in [6.07, 6.45) is -1.45. The van der Waals surface area contributed by atoms with E-state index in [1.54, 1.807) is 17.0 Å². The van der Waals surface area contributed by atoms with Gasteiger partial charge in [0.25, 0.3) is 5.91 Å². The average molecular weight is 556 g/mol. The summed E-state index contributed by atoms with van der Waals surface area (Å²) in [6, 6.07) is 2.87. The van der Waals surface area contributed by atoms with Crippen molar-refractivity contribution >= 4 is 23.4 Å². The molecule has 3 heterocycles. The maximum atomic E-state index is 13.4. The van der Waals surface area contributed by atoms with E-state index in [2.05, 4.69) is 20.5 Å². The molecule has 2 aromatic rings. The number of hydrogen-bond donors (Lipinski definition) is 3. The van der Waals surface area contributed by atoms with Gasteiger partial charge in [-0.05, 0) is 57.4 Å². The summed E-state index contributed by atoms with van der Waals surface area (Å²) in [4.78, 5) is 32.2. The van der Waals surface area contributed by atoms with Crippen LogP contribution in [-0.4, -0.2) is 74.0 Å². The Morgan fingerprint density at radius 3 is 2.55 bits per heavy atom. The van der Waals surface area contributed by atoms with E-state index in [9.17, 15) is 27.9 Å². The molecule has 1 atom stereocenters. The van der Waals surface area contributed by atoms with Crippen LogP contribution in [0.25, 0.3) is 11.3 Å². The first kappa shape index (κ1) is 26.7. The van der Waals surface area contributed by atoms with E-state index in [1.165, 1.54) is 13.3 Å². The molecule has 38 heavy (non-hydrogen) atoms. The van der Waals surface area contributed by atoms with Crippen molar-refractivity contribution in [1.82, 2.24) is 25.4 Å². The fourth-order valence-electron chi connectivity index (χ4n) is 5.64. The van der Waals surface area contributed by atoms with Gasteiger partial charge in [-0.1, -0.05) is 11.6 Å². The van der Waals surface area contributed by atoms with Crippen molar-refractivity contribution in [3.8, 4) is 17.1 Å². The molecule has 5 rings (SSSR count). The second kappa shape index (κ2) is 9.71. The van der Waals surface area contributed by atoms with Crippen LogP contribution in [0.4, 0.5) is 13.2 Å². The monoisotopic (exact) mass is 555 g/mol. The van der Waals surface area contributed by atoms with Crippen molar-refractivity contribution in [2.75, 3.05) is 13.7 Å². The molecule has 2 aromatic heterocycles. The van der Waals surface area contributed by atoms with Crippen LogP contribution < -0.4 is 10.1 Å². The quantitative estimate of drug-likeness (QED) is 0.515. The summed E-state index contributed by atoms with van der Waals surface area (Å²) < 4.78 is 44.4. The van der Waals surface area contributed by atoms with Gasteiger partial charge >= 0.3 is 6.18 Å². The molecule has 13 heteroatoms. The number of nitrogens with one attached hydrogen (secondary N) is 2. The molecule has 1 spiro atoms. The van der Waals surface area contributed by atoms with Gasteiger partial charge in [0.05, 0.1) is 24.0 Å². The highest BCUT2D eigenvalue weighted by atomic mass is 35.5. The lowest BCUT2D eigenvalue weighted by Gasteiger charge is -2.41. The third-order valence-corrected chi connectivity index (χ3v) is 8.46. The van der Waals surface area contributed by atoms with Crippen molar-refractivity contribution in [3.63, 3.8) is 0 Å². The van der Waals surface area contributed by atoms with E-state index in [0.29, 0.717) is 41.5 Å². The van der Waals surface area contributed by atoms with Crippen LogP contribution in [0.5, 0.6) is 5.88 Å².